The van der Waals surface area contributed by atoms with Crippen LogP contribution >= 0.6 is 11.8 Å². The quantitative estimate of drug-likeness (QED) is 0.275. The Bertz CT molecular complexity index is 1090. The van der Waals surface area contributed by atoms with Gasteiger partial charge in [0.25, 0.3) is 11.6 Å². The Labute approximate surface area is 171 Å². The topological polar surface area (TPSA) is 98.5 Å². The van der Waals surface area contributed by atoms with E-state index in [-0.39, 0.29) is 11.3 Å². The van der Waals surface area contributed by atoms with Gasteiger partial charge in [0, 0.05) is 17.1 Å². The number of nitro benzene ring substituents is 1. The molecule has 3 aromatic rings. The summed E-state index contributed by atoms with van der Waals surface area (Å²) < 4.78 is 5.21. The Morgan fingerprint density at radius 1 is 1.10 bits per heavy atom. The van der Waals surface area contributed by atoms with E-state index in [2.05, 4.69) is 5.32 Å². The third-order valence-corrected chi connectivity index (χ3v) is 5.10. The minimum absolute atomic E-state index is 0.0133. The van der Waals surface area contributed by atoms with Crippen LogP contribution in [-0.2, 0) is 9.53 Å². The number of rotatable bonds is 6. The van der Waals surface area contributed by atoms with Crippen LogP contribution in [0.15, 0.2) is 65.6 Å². The molecule has 0 radical (unpaired) electrons. The smallest absolute Gasteiger partial charge is 0.339 e. The van der Waals surface area contributed by atoms with Crippen molar-refractivity contribution in [2.45, 2.75) is 17.9 Å². The van der Waals surface area contributed by atoms with E-state index < -0.39 is 22.9 Å². The second-order valence-corrected chi connectivity index (χ2v) is 7.06. The predicted molar refractivity (Wildman–Crippen MR) is 112 cm³/mol. The Hall–Kier alpha value is -3.39. The molecule has 1 N–H and O–H groups in total. The number of amides is 1. The van der Waals surface area contributed by atoms with Crippen LogP contribution in [0, 0.1) is 10.1 Å². The highest BCUT2D eigenvalue weighted by atomic mass is 32.2. The molecule has 0 saturated carbocycles. The molecule has 29 heavy (non-hydrogen) atoms. The number of hydrogen-bond donors (Lipinski definition) is 1. The zero-order valence-corrected chi connectivity index (χ0v) is 16.6. The number of thioether (sulfide) groups is 1. The van der Waals surface area contributed by atoms with Gasteiger partial charge in [0.15, 0.2) is 6.10 Å². The summed E-state index contributed by atoms with van der Waals surface area (Å²) >= 11 is 1.21. The number of benzene rings is 3. The third kappa shape index (κ3) is 4.55. The third-order valence-electron chi connectivity index (χ3n) is 4.31. The lowest BCUT2D eigenvalue weighted by atomic mass is 10.1. The molecule has 1 amide bonds. The van der Waals surface area contributed by atoms with Crippen molar-refractivity contribution in [3.63, 3.8) is 0 Å². The molecule has 0 aliphatic heterocycles. The van der Waals surface area contributed by atoms with Gasteiger partial charge < -0.3 is 10.1 Å². The zero-order valence-electron chi connectivity index (χ0n) is 15.7. The molecule has 8 heteroatoms. The summed E-state index contributed by atoms with van der Waals surface area (Å²) in [5.41, 5.74) is 0.440. The molecule has 0 fully saturated rings. The molecule has 0 spiro atoms. The fourth-order valence-electron chi connectivity index (χ4n) is 2.81. The Morgan fingerprint density at radius 2 is 1.83 bits per heavy atom. The van der Waals surface area contributed by atoms with Crippen LogP contribution in [0.1, 0.15) is 17.3 Å². The molecule has 0 unspecified atom stereocenters. The summed E-state index contributed by atoms with van der Waals surface area (Å²) in [6, 6.07) is 17.2. The summed E-state index contributed by atoms with van der Waals surface area (Å²) in [4.78, 5) is 35.9. The van der Waals surface area contributed by atoms with Crippen molar-refractivity contribution in [1.29, 1.82) is 0 Å². The highest BCUT2D eigenvalue weighted by Gasteiger charge is 2.22. The molecule has 0 aliphatic carbocycles. The van der Waals surface area contributed by atoms with Crippen LogP contribution < -0.4 is 5.32 Å². The highest BCUT2D eigenvalue weighted by Crippen LogP contribution is 2.29. The molecular formula is C21H18N2O5S. The van der Waals surface area contributed by atoms with Crippen molar-refractivity contribution in [2.75, 3.05) is 11.6 Å². The van der Waals surface area contributed by atoms with E-state index in [0.29, 0.717) is 10.6 Å². The molecule has 0 aromatic heterocycles. The van der Waals surface area contributed by atoms with E-state index in [0.717, 1.165) is 16.8 Å². The van der Waals surface area contributed by atoms with E-state index in [1.54, 1.807) is 12.3 Å². The maximum atomic E-state index is 12.5. The van der Waals surface area contributed by atoms with Crippen LogP contribution in [0.3, 0.4) is 0 Å². The number of fused-ring (bicyclic) bond motifs is 1. The number of nitro groups is 1. The average molecular weight is 410 g/mol. The van der Waals surface area contributed by atoms with Crippen LogP contribution in [0.25, 0.3) is 10.8 Å². The van der Waals surface area contributed by atoms with E-state index in [4.69, 9.17) is 4.74 Å². The summed E-state index contributed by atoms with van der Waals surface area (Å²) in [5.74, 6) is -1.30. The first-order valence-corrected chi connectivity index (χ1v) is 9.95. The van der Waals surface area contributed by atoms with Gasteiger partial charge in [0.2, 0.25) is 0 Å². The fourth-order valence-corrected chi connectivity index (χ4v) is 3.36. The molecule has 148 valence electrons. The number of carbonyl (C=O) groups excluding carboxylic acids is 2. The van der Waals surface area contributed by atoms with Gasteiger partial charge in [-0.3, -0.25) is 14.9 Å². The molecule has 1 atom stereocenters. The summed E-state index contributed by atoms with van der Waals surface area (Å²) in [5, 5.41) is 15.8. The Kier molecular flexibility index (Phi) is 6.13. The van der Waals surface area contributed by atoms with Crippen molar-refractivity contribution in [3.8, 4) is 0 Å². The lowest BCUT2D eigenvalue weighted by molar-refractivity contribution is -0.387. The molecule has 0 heterocycles. The average Bonchev–Trinajstić information content (AvgIpc) is 2.73. The van der Waals surface area contributed by atoms with E-state index in [1.807, 2.05) is 36.4 Å². The van der Waals surface area contributed by atoms with Crippen LogP contribution in [0.4, 0.5) is 11.4 Å². The number of hydrogen-bond acceptors (Lipinski definition) is 6. The molecule has 0 bridgehead atoms. The zero-order chi connectivity index (χ0) is 21.0. The van der Waals surface area contributed by atoms with E-state index in [9.17, 15) is 19.7 Å². The second-order valence-electron chi connectivity index (χ2n) is 6.21. The predicted octanol–water partition coefficient (Wildman–Crippen LogP) is 4.65. The summed E-state index contributed by atoms with van der Waals surface area (Å²) in [6.45, 7) is 1.45. The van der Waals surface area contributed by atoms with Gasteiger partial charge in [-0.1, -0.05) is 36.4 Å². The van der Waals surface area contributed by atoms with Gasteiger partial charge in [-0.2, -0.15) is 0 Å². The number of anilines is 1. The minimum Gasteiger partial charge on any atom is -0.449 e. The van der Waals surface area contributed by atoms with Gasteiger partial charge in [0.05, 0.1) is 15.4 Å². The molecule has 0 aliphatic rings. The number of ether oxygens (including phenoxy) is 1. The standard InChI is InChI=1S/C21H18N2O5S/c1-13(20(24)22-17-9-5-7-14-6-3-4-8-16(14)17)28-21(25)15-10-11-19(29-2)18(12-15)23(26)27/h3-13H,1-2H3,(H,22,24)/t13-/m1/s1. The Morgan fingerprint density at radius 3 is 2.55 bits per heavy atom. The monoisotopic (exact) mass is 410 g/mol. The first kappa shape index (κ1) is 20.3. The normalized spacial score (nSPS) is 11.7. The Balaban J connectivity index is 1.73. The van der Waals surface area contributed by atoms with Crippen molar-refractivity contribution < 1.29 is 19.2 Å². The molecule has 7 nitrogen and oxygen atoms in total. The van der Waals surface area contributed by atoms with Crippen LogP contribution in [-0.4, -0.2) is 29.2 Å². The number of esters is 1. The largest absolute Gasteiger partial charge is 0.449 e. The number of nitrogens with one attached hydrogen (secondary N) is 1. The minimum atomic E-state index is -1.08. The van der Waals surface area contributed by atoms with Crippen LogP contribution in [0.5, 0.6) is 0 Å². The maximum Gasteiger partial charge on any atom is 0.339 e. The van der Waals surface area contributed by atoms with Gasteiger partial charge >= 0.3 is 5.97 Å². The van der Waals surface area contributed by atoms with Crippen molar-refractivity contribution in [1.82, 2.24) is 0 Å². The molecule has 0 saturated heterocycles. The first-order chi connectivity index (χ1) is 13.9. The first-order valence-electron chi connectivity index (χ1n) is 8.72. The van der Waals surface area contributed by atoms with Crippen molar-refractivity contribution in [2.24, 2.45) is 0 Å². The molecule has 3 aromatic carbocycles. The van der Waals surface area contributed by atoms with Crippen molar-refractivity contribution >= 4 is 45.8 Å². The van der Waals surface area contributed by atoms with Gasteiger partial charge in [-0.05, 0) is 36.8 Å². The highest BCUT2D eigenvalue weighted by molar-refractivity contribution is 7.98. The summed E-state index contributed by atoms with van der Waals surface area (Å²) in [6.07, 6.45) is 0.626. The second kappa shape index (κ2) is 8.74. The summed E-state index contributed by atoms with van der Waals surface area (Å²) in [7, 11) is 0. The van der Waals surface area contributed by atoms with Crippen molar-refractivity contribution in [3.05, 3.63) is 76.3 Å². The molecular weight excluding hydrogens is 392 g/mol. The van der Waals surface area contributed by atoms with E-state index in [1.165, 1.54) is 30.8 Å². The fraction of sp³-hybridized carbons (Fsp3) is 0.143. The number of carbonyl (C=O) groups is 2. The van der Waals surface area contributed by atoms with E-state index >= 15 is 0 Å². The van der Waals surface area contributed by atoms with Gasteiger partial charge in [-0.25, -0.2) is 4.79 Å². The van der Waals surface area contributed by atoms with Gasteiger partial charge in [0.1, 0.15) is 0 Å². The lowest BCUT2D eigenvalue weighted by Crippen LogP contribution is -2.30. The lowest BCUT2D eigenvalue weighted by Gasteiger charge is -2.15. The van der Waals surface area contributed by atoms with Crippen LogP contribution in [0.2, 0.25) is 0 Å². The number of nitrogens with zero attached hydrogens (tertiary/aromatic N) is 1. The SMILES string of the molecule is CSc1ccc(C(=O)O[C@H](C)C(=O)Nc2cccc3ccccc23)cc1[N+](=O)[O-]. The maximum absolute atomic E-state index is 12.5. The van der Waals surface area contributed by atoms with Gasteiger partial charge in [-0.15, -0.1) is 11.8 Å². The molecule has 3 rings (SSSR count).